The summed E-state index contributed by atoms with van der Waals surface area (Å²) >= 11 is 0. The van der Waals surface area contributed by atoms with Crippen LogP contribution in [-0.2, 0) is 4.79 Å². The van der Waals surface area contributed by atoms with E-state index in [1.165, 1.54) is 42.5 Å². The summed E-state index contributed by atoms with van der Waals surface area (Å²) in [6, 6.07) is 10.2. The molecule has 6 heteroatoms. The Balaban J connectivity index is 2.13. The molecule has 0 aliphatic rings. The molecule has 0 aromatic heterocycles. The summed E-state index contributed by atoms with van der Waals surface area (Å²) in [7, 11) is 0. The number of nitrogens with one attached hydrogen (secondary N) is 1. The molecule has 22 heavy (non-hydrogen) atoms. The summed E-state index contributed by atoms with van der Waals surface area (Å²) < 4.78 is 13.0. The molecule has 0 unspecified atom stereocenters. The van der Waals surface area contributed by atoms with E-state index in [1.54, 1.807) is 19.1 Å². The van der Waals surface area contributed by atoms with Crippen LogP contribution in [0.15, 0.2) is 48.5 Å². The monoisotopic (exact) mass is 300 g/mol. The molecule has 0 atom stereocenters. The topological polar surface area (TPSA) is 72.2 Å². The molecule has 1 amide bonds. The van der Waals surface area contributed by atoms with E-state index >= 15 is 0 Å². The number of anilines is 1. The molecule has 0 saturated heterocycles. The van der Waals surface area contributed by atoms with Crippen LogP contribution in [0, 0.1) is 22.9 Å². The molecular weight excluding hydrogens is 287 g/mol. The van der Waals surface area contributed by atoms with Crippen LogP contribution < -0.4 is 5.32 Å². The zero-order chi connectivity index (χ0) is 16.1. The third kappa shape index (κ3) is 3.76. The van der Waals surface area contributed by atoms with Gasteiger partial charge in [-0.05, 0) is 36.8 Å². The van der Waals surface area contributed by atoms with Crippen molar-refractivity contribution in [3.63, 3.8) is 0 Å². The van der Waals surface area contributed by atoms with E-state index in [0.29, 0.717) is 16.8 Å². The molecule has 2 aromatic carbocycles. The van der Waals surface area contributed by atoms with Crippen molar-refractivity contribution in [3.05, 3.63) is 75.6 Å². The lowest BCUT2D eigenvalue weighted by Crippen LogP contribution is -2.09. The molecule has 0 heterocycles. The van der Waals surface area contributed by atoms with E-state index < -0.39 is 16.6 Å². The second kappa shape index (κ2) is 6.62. The molecule has 2 rings (SSSR count). The van der Waals surface area contributed by atoms with Crippen LogP contribution in [0.3, 0.4) is 0 Å². The number of amides is 1. The Morgan fingerprint density at radius 2 is 2.00 bits per heavy atom. The number of hydrogen-bond acceptors (Lipinski definition) is 3. The summed E-state index contributed by atoms with van der Waals surface area (Å²) in [6.07, 6.45) is 2.71. The van der Waals surface area contributed by atoms with Gasteiger partial charge in [-0.15, -0.1) is 0 Å². The van der Waals surface area contributed by atoms with Gasteiger partial charge in [-0.1, -0.05) is 18.2 Å². The second-order valence-electron chi connectivity index (χ2n) is 4.58. The van der Waals surface area contributed by atoms with Crippen LogP contribution in [0.1, 0.15) is 11.1 Å². The number of hydrogen-bond donors (Lipinski definition) is 1. The Hall–Kier alpha value is -3.02. The highest BCUT2D eigenvalue weighted by Crippen LogP contribution is 2.24. The smallest absolute Gasteiger partial charge is 0.274 e. The van der Waals surface area contributed by atoms with Crippen LogP contribution in [0.25, 0.3) is 6.08 Å². The van der Waals surface area contributed by atoms with Crippen LogP contribution in [0.2, 0.25) is 0 Å². The van der Waals surface area contributed by atoms with Crippen molar-refractivity contribution >= 4 is 23.4 Å². The van der Waals surface area contributed by atoms with Gasteiger partial charge >= 0.3 is 0 Å². The van der Waals surface area contributed by atoms with E-state index in [9.17, 15) is 19.3 Å². The lowest BCUT2D eigenvalue weighted by atomic mass is 10.1. The first-order valence-electron chi connectivity index (χ1n) is 6.46. The van der Waals surface area contributed by atoms with E-state index in [-0.39, 0.29) is 5.69 Å². The summed E-state index contributed by atoms with van der Waals surface area (Å²) in [5, 5.41) is 13.4. The molecule has 0 bridgehead atoms. The molecule has 0 spiro atoms. The normalized spacial score (nSPS) is 10.6. The summed E-state index contributed by atoms with van der Waals surface area (Å²) in [5.41, 5.74) is 1.22. The highest BCUT2D eigenvalue weighted by Gasteiger charge is 2.13. The van der Waals surface area contributed by atoms with Gasteiger partial charge in [0.15, 0.2) is 0 Å². The third-order valence-electron chi connectivity index (χ3n) is 3.04. The maximum Gasteiger partial charge on any atom is 0.274 e. The number of carbonyl (C=O) groups excluding carboxylic acids is 1. The molecule has 0 aliphatic heterocycles. The SMILES string of the molecule is Cc1c(NC(=O)/C=C/c2cccc(F)c2)cccc1[N+](=O)[O-]. The summed E-state index contributed by atoms with van der Waals surface area (Å²) in [5.74, 6) is -0.843. The molecule has 5 nitrogen and oxygen atoms in total. The zero-order valence-electron chi connectivity index (χ0n) is 11.7. The molecular formula is C16H13FN2O3. The maximum absolute atomic E-state index is 13.0. The van der Waals surface area contributed by atoms with Crippen molar-refractivity contribution in [2.45, 2.75) is 6.92 Å². The fraction of sp³-hybridized carbons (Fsp3) is 0.0625. The quantitative estimate of drug-likeness (QED) is 0.531. The Morgan fingerprint density at radius 1 is 1.27 bits per heavy atom. The van der Waals surface area contributed by atoms with Gasteiger partial charge in [-0.2, -0.15) is 0 Å². The van der Waals surface area contributed by atoms with Crippen LogP contribution in [-0.4, -0.2) is 10.8 Å². The van der Waals surface area contributed by atoms with Gasteiger partial charge in [0.05, 0.1) is 16.2 Å². The highest BCUT2D eigenvalue weighted by atomic mass is 19.1. The van der Waals surface area contributed by atoms with E-state index in [2.05, 4.69) is 5.32 Å². The summed E-state index contributed by atoms with van der Waals surface area (Å²) in [4.78, 5) is 22.2. The van der Waals surface area contributed by atoms with Gasteiger partial charge in [-0.25, -0.2) is 4.39 Å². The molecule has 112 valence electrons. The fourth-order valence-electron chi connectivity index (χ4n) is 1.91. The molecule has 1 N–H and O–H groups in total. The third-order valence-corrected chi connectivity index (χ3v) is 3.04. The lowest BCUT2D eigenvalue weighted by molar-refractivity contribution is -0.385. The first-order valence-corrected chi connectivity index (χ1v) is 6.46. The minimum atomic E-state index is -0.506. The molecule has 2 aromatic rings. The molecule has 0 aliphatic carbocycles. The average molecular weight is 300 g/mol. The minimum absolute atomic E-state index is 0.0630. The van der Waals surface area contributed by atoms with Gasteiger partial charge in [0, 0.05) is 12.1 Å². The average Bonchev–Trinajstić information content (AvgIpc) is 2.47. The van der Waals surface area contributed by atoms with Crippen LogP contribution in [0.5, 0.6) is 0 Å². The van der Waals surface area contributed by atoms with Crippen molar-refractivity contribution in [2.75, 3.05) is 5.32 Å². The second-order valence-corrected chi connectivity index (χ2v) is 4.58. The van der Waals surface area contributed by atoms with Gasteiger partial charge in [0.25, 0.3) is 5.69 Å². The Kier molecular flexibility index (Phi) is 4.63. The van der Waals surface area contributed by atoms with E-state index in [0.717, 1.165) is 0 Å². The fourth-order valence-corrected chi connectivity index (χ4v) is 1.91. The van der Waals surface area contributed by atoms with Crippen molar-refractivity contribution in [1.82, 2.24) is 0 Å². The Morgan fingerprint density at radius 3 is 2.68 bits per heavy atom. The Bertz CT molecular complexity index is 757. The Labute approximate surface area is 126 Å². The summed E-state index contributed by atoms with van der Waals surface area (Å²) in [6.45, 7) is 1.56. The van der Waals surface area contributed by atoms with Crippen molar-refractivity contribution < 1.29 is 14.1 Å². The van der Waals surface area contributed by atoms with Crippen molar-refractivity contribution in [3.8, 4) is 0 Å². The largest absolute Gasteiger partial charge is 0.322 e. The van der Waals surface area contributed by atoms with Crippen molar-refractivity contribution in [1.29, 1.82) is 0 Å². The van der Waals surface area contributed by atoms with Gasteiger partial charge in [0.1, 0.15) is 5.82 Å². The number of nitro benzene ring substituents is 1. The number of rotatable bonds is 4. The zero-order valence-corrected chi connectivity index (χ0v) is 11.7. The number of carbonyl (C=O) groups is 1. The predicted molar refractivity (Wildman–Crippen MR) is 81.9 cm³/mol. The molecule has 0 saturated carbocycles. The number of nitro groups is 1. The minimum Gasteiger partial charge on any atom is -0.322 e. The van der Waals surface area contributed by atoms with Gasteiger partial charge < -0.3 is 5.32 Å². The number of halogens is 1. The van der Waals surface area contributed by atoms with Crippen LogP contribution >= 0.6 is 0 Å². The van der Waals surface area contributed by atoms with Crippen LogP contribution in [0.4, 0.5) is 15.8 Å². The predicted octanol–water partition coefficient (Wildman–Crippen LogP) is 3.69. The van der Waals surface area contributed by atoms with Gasteiger partial charge in [-0.3, -0.25) is 14.9 Å². The number of nitrogens with zero attached hydrogens (tertiary/aromatic N) is 1. The lowest BCUT2D eigenvalue weighted by Gasteiger charge is -2.06. The molecule has 0 radical (unpaired) electrons. The maximum atomic E-state index is 13.0. The van der Waals surface area contributed by atoms with E-state index in [4.69, 9.17) is 0 Å². The van der Waals surface area contributed by atoms with Gasteiger partial charge in [0.2, 0.25) is 5.91 Å². The number of benzene rings is 2. The van der Waals surface area contributed by atoms with E-state index in [1.807, 2.05) is 0 Å². The first kappa shape index (κ1) is 15.4. The highest BCUT2D eigenvalue weighted by molar-refractivity contribution is 6.02. The molecule has 0 fully saturated rings. The first-order chi connectivity index (χ1) is 10.5. The van der Waals surface area contributed by atoms with Crippen molar-refractivity contribution in [2.24, 2.45) is 0 Å². The standard InChI is InChI=1S/C16H13FN2O3/c1-11-14(6-3-7-15(11)19(21)22)18-16(20)9-8-12-4-2-5-13(17)10-12/h2-10H,1H3,(H,18,20)/b9-8+.